The number of pyridine rings is 1. The van der Waals surface area contributed by atoms with Gasteiger partial charge in [-0.1, -0.05) is 24.3 Å². The second kappa shape index (κ2) is 6.84. The first kappa shape index (κ1) is 17.4. The molecule has 0 saturated carbocycles. The Morgan fingerprint density at radius 1 is 1.20 bits per heavy atom. The number of nitrogens with zero attached hydrogens (tertiary/aromatic N) is 3. The van der Waals surface area contributed by atoms with Crippen molar-refractivity contribution in [3.05, 3.63) is 69.1 Å². The molecular weight excluding hydrogens is 314 g/mol. The standard InChI is InChI=1S/C20H25N3O2/c1-14-9-18(24)11-19(23(14)4)20(25)22(3)13-17-10-15-7-5-6-8-16(15)12-21(17)2/h5-9,11,17H,10,12-13H2,1-4H3/t17-/m0/s1. The maximum Gasteiger partial charge on any atom is 0.270 e. The summed E-state index contributed by atoms with van der Waals surface area (Å²) in [4.78, 5) is 28.6. The number of carbonyl (C=O) groups excluding carboxylic acids is 1. The van der Waals surface area contributed by atoms with Crippen molar-refractivity contribution in [1.29, 1.82) is 0 Å². The van der Waals surface area contributed by atoms with Gasteiger partial charge in [0.2, 0.25) is 0 Å². The maximum absolute atomic E-state index is 12.8. The van der Waals surface area contributed by atoms with E-state index in [1.165, 1.54) is 17.2 Å². The van der Waals surface area contributed by atoms with Gasteiger partial charge in [-0.15, -0.1) is 0 Å². The van der Waals surface area contributed by atoms with E-state index in [9.17, 15) is 9.59 Å². The molecule has 0 N–H and O–H groups in total. The van der Waals surface area contributed by atoms with Crippen molar-refractivity contribution < 1.29 is 4.79 Å². The third-order valence-corrected chi connectivity index (χ3v) is 5.19. The van der Waals surface area contributed by atoms with Crippen molar-refractivity contribution in [3.63, 3.8) is 0 Å². The summed E-state index contributed by atoms with van der Waals surface area (Å²) >= 11 is 0. The van der Waals surface area contributed by atoms with Crippen LogP contribution in [0.5, 0.6) is 0 Å². The zero-order chi connectivity index (χ0) is 18.1. The van der Waals surface area contributed by atoms with Crippen LogP contribution < -0.4 is 5.43 Å². The summed E-state index contributed by atoms with van der Waals surface area (Å²) in [6.45, 7) is 3.36. The molecule has 2 heterocycles. The Balaban J connectivity index is 1.77. The van der Waals surface area contributed by atoms with Gasteiger partial charge in [0.05, 0.1) is 0 Å². The number of hydrogen-bond acceptors (Lipinski definition) is 3. The van der Waals surface area contributed by atoms with Crippen molar-refractivity contribution in [3.8, 4) is 0 Å². The van der Waals surface area contributed by atoms with E-state index in [4.69, 9.17) is 0 Å². The molecule has 0 saturated heterocycles. The molecule has 0 spiro atoms. The normalized spacial score (nSPS) is 17.2. The molecule has 0 fully saturated rings. The molecular formula is C20H25N3O2. The van der Waals surface area contributed by atoms with E-state index in [1.54, 1.807) is 15.5 Å². The lowest BCUT2D eigenvalue weighted by atomic mass is 9.94. The highest BCUT2D eigenvalue weighted by Gasteiger charge is 2.26. The average molecular weight is 339 g/mol. The molecule has 1 aromatic heterocycles. The number of rotatable bonds is 3. The fourth-order valence-corrected chi connectivity index (χ4v) is 3.49. The number of hydrogen-bond donors (Lipinski definition) is 0. The lowest BCUT2D eigenvalue weighted by Gasteiger charge is -2.36. The minimum Gasteiger partial charge on any atom is -0.344 e. The minimum absolute atomic E-state index is 0.115. The summed E-state index contributed by atoms with van der Waals surface area (Å²) in [5.41, 5.74) is 3.81. The van der Waals surface area contributed by atoms with Gasteiger partial charge < -0.3 is 9.47 Å². The first-order chi connectivity index (χ1) is 11.9. The summed E-state index contributed by atoms with van der Waals surface area (Å²) in [7, 11) is 5.73. The van der Waals surface area contributed by atoms with E-state index in [0.717, 1.165) is 18.7 Å². The summed E-state index contributed by atoms with van der Waals surface area (Å²) in [6.07, 6.45) is 0.928. The Morgan fingerprint density at radius 3 is 2.60 bits per heavy atom. The first-order valence-corrected chi connectivity index (χ1v) is 8.57. The van der Waals surface area contributed by atoms with Crippen LogP contribution >= 0.6 is 0 Å². The molecule has 0 bridgehead atoms. The Morgan fingerprint density at radius 2 is 1.88 bits per heavy atom. The quantitative estimate of drug-likeness (QED) is 0.857. The van der Waals surface area contributed by atoms with Crippen LogP contribution in [-0.4, -0.2) is 47.0 Å². The molecule has 1 atom stereocenters. The summed E-state index contributed by atoms with van der Waals surface area (Å²) in [6, 6.07) is 11.7. The molecule has 0 unspecified atom stereocenters. The fourth-order valence-electron chi connectivity index (χ4n) is 3.49. The van der Waals surface area contributed by atoms with E-state index in [-0.39, 0.29) is 17.4 Å². The van der Waals surface area contributed by atoms with E-state index in [2.05, 4.69) is 36.2 Å². The summed E-state index contributed by atoms with van der Waals surface area (Å²) in [5, 5.41) is 0. The van der Waals surface area contributed by atoms with Crippen molar-refractivity contribution in [2.24, 2.45) is 7.05 Å². The molecule has 3 rings (SSSR count). The third kappa shape index (κ3) is 3.51. The second-order valence-electron chi connectivity index (χ2n) is 7.00. The molecule has 25 heavy (non-hydrogen) atoms. The Hall–Kier alpha value is -2.40. The van der Waals surface area contributed by atoms with Crippen LogP contribution in [0.2, 0.25) is 0 Å². The largest absolute Gasteiger partial charge is 0.344 e. The van der Waals surface area contributed by atoms with Gasteiger partial charge >= 0.3 is 0 Å². The van der Waals surface area contributed by atoms with Gasteiger partial charge in [0.1, 0.15) is 5.69 Å². The number of likely N-dealkylation sites (N-methyl/N-ethyl adjacent to an activating group) is 2. The van der Waals surface area contributed by atoms with Crippen LogP contribution in [-0.2, 0) is 20.0 Å². The molecule has 0 radical (unpaired) electrons. The van der Waals surface area contributed by atoms with Crippen LogP contribution in [0.15, 0.2) is 41.2 Å². The third-order valence-electron chi connectivity index (χ3n) is 5.19. The van der Waals surface area contributed by atoms with Gasteiger partial charge in [0, 0.05) is 51.1 Å². The van der Waals surface area contributed by atoms with Crippen LogP contribution in [0.4, 0.5) is 0 Å². The van der Waals surface area contributed by atoms with Crippen LogP contribution in [0.25, 0.3) is 0 Å². The van der Waals surface area contributed by atoms with E-state index < -0.39 is 0 Å². The molecule has 2 aromatic rings. The van der Waals surface area contributed by atoms with E-state index >= 15 is 0 Å². The highest BCUT2D eigenvalue weighted by atomic mass is 16.2. The molecule has 132 valence electrons. The lowest BCUT2D eigenvalue weighted by Crippen LogP contribution is -2.46. The molecule has 5 heteroatoms. The SMILES string of the molecule is Cc1cc(=O)cc(C(=O)N(C)C[C@@H]2Cc3ccccc3CN2C)n1C. The van der Waals surface area contributed by atoms with Crippen molar-refractivity contribution >= 4 is 5.91 Å². The number of aryl methyl sites for hydroxylation is 1. The van der Waals surface area contributed by atoms with Crippen LogP contribution in [0, 0.1) is 6.92 Å². The van der Waals surface area contributed by atoms with Gasteiger partial charge in [-0.3, -0.25) is 14.5 Å². The zero-order valence-corrected chi connectivity index (χ0v) is 15.3. The van der Waals surface area contributed by atoms with E-state index in [1.807, 2.05) is 21.0 Å². The fraction of sp³-hybridized carbons (Fsp3) is 0.400. The number of amides is 1. The summed E-state index contributed by atoms with van der Waals surface area (Å²) < 4.78 is 1.78. The predicted octanol–water partition coefficient (Wildman–Crippen LogP) is 1.82. The van der Waals surface area contributed by atoms with Crippen LogP contribution in [0.1, 0.15) is 27.3 Å². The molecule has 1 aliphatic rings. The van der Waals surface area contributed by atoms with E-state index in [0.29, 0.717) is 12.2 Å². The Bertz CT molecular complexity index is 856. The molecule has 0 aliphatic carbocycles. The monoisotopic (exact) mass is 339 g/mol. The Kier molecular flexibility index (Phi) is 4.77. The van der Waals surface area contributed by atoms with Gasteiger partial charge in [-0.25, -0.2) is 0 Å². The first-order valence-electron chi connectivity index (χ1n) is 8.57. The van der Waals surface area contributed by atoms with Gasteiger partial charge in [-0.2, -0.15) is 0 Å². The average Bonchev–Trinajstić information content (AvgIpc) is 2.58. The Labute approximate surface area is 148 Å². The number of benzene rings is 1. The van der Waals surface area contributed by atoms with Crippen molar-refractivity contribution in [1.82, 2.24) is 14.4 Å². The summed E-state index contributed by atoms with van der Waals surface area (Å²) in [5.74, 6) is -0.115. The smallest absolute Gasteiger partial charge is 0.270 e. The molecule has 1 aliphatic heterocycles. The lowest BCUT2D eigenvalue weighted by molar-refractivity contribution is 0.0723. The van der Waals surface area contributed by atoms with Gasteiger partial charge in [-0.05, 0) is 31.5 Å². The molecule has 1 aromatic carbocycles. The highest BCUT2D eigenvalue weighted by Crippen LogP contribution is 2.22. The molecule has 1 amide bonds. The number of aromatic nitrogens is 1. The number of carbonyl (C=O) groups is 1. The van der Waals surface area contributed by atoms with Crippen molar-refractivity contribution in [2.75, 3.05) is 20.6 Å². The minimum atomic E-state index is -0.129. The topological polar surface area (TPSA) is 45.6 Å². The van der Waals surface area contributed by atoms with Gasteiger partial charge in [0.15, 0.2) is 5.43 Å². The van der Waals surface area contributed by atoms with Crippen LogP contribution in [0.3, 0.4) is 0 Å². The predicted molar refractivity (Wildman–Crippen MR) is 98.8 cm³/mol. The van der Waals surface area contributed by atoms with Gasteiger partial charge in [0.25, 0.3) is 5.91 Å². The zero-order valence-electron chi connectivity index (χ0n) is 15.3. The highest BCUT2D eigenvalue weighted by molar-refractivity contribution is 5.92. The second-order valence-corrected chi connectivity index (χ2v) is 7.00. The maximum atomic E-state index is 12.8. The van der Waals surface area contributed by atoms with Crippen molar-refractivity contribution in [2.45, 2.75) is 25.9 Å². The number of fused-ring (bicyclic) bond motifs is 1. The molecule has 5 nitrogen and oxygen atoms in total.